The molecular weight excluding hydrogens is 274 g/mol. The SMILES string of the molecule is CCCn1ccnc1CNC(=O)C1CCC(=O)NC(=O)N1. The van der Waals surface area contributed by atoms with Crippen LogP contribution in [0.5, 0.6) is 0 Å². The first-order chi connectivity index (χ1) is 10.1. The van der Waals surface area contributed by atoms with Crippen molar-refractivity contribution in [1.29, 1.82) is 0 Å². The second-order valence-electron chi connectivity index (χ2n) is 4.87. The van der Waals surface area contributed by atoms with Crippen molar-refractivity contribution >= 4 is 17.8 Å². The largest absolute Gasteiger partial charge is 0.347 e. The van der Waals surface area contributed by atoms with Gasteiger partial charge in [0.25, 0.3) is 0 Å². The van der Waals surface area contributed by atoms with Gasteiger partial charge < -0.3 is 15.2 Å². The van der Waals surface area contributed by atoms with E-state index in [1.54, 1.807) is 6.20 Å². The van der Waals surface area contributed by atoms with E-state index in [1.165, 1.54) is 0 Å². The number of imide groups is 1. The van der Waals surface area contributed by atoms with Crippen molar-refractivity contribution in [3.63, 3.8) is 0 Å². The molecule has 1 saturated heterocycles. The standard InChI is InChI=1S/C13H19N5O3/c1-2-6-18-7-5-14-10(18)8-15-12(20)9-3-4-11(19)17-13(21)16-9/h5,7,9H,2-4,6,8H2,1H3,(H,15,20)(H2,16,17,19,21). The highest BCUT2D eigenvalue weighted by atomic mass is 16.2. The molecule has 21 heavy (non-hydrogen) atoms. The van der Waals surface area contributed by atoms with Crippen molar-refractivity contribution < 1.29 is 14.4 Å². The summed E-state index contributed by atoms with van der Waals surface area (Å²) in [6, 6.07) is -1.34. The average Bonchev–Trinajstić information content (AvgIpc) is 2.80. The number of nitrogens with zero attached hydrogens (tertiary/aromatic N) is 2. The summed E-state index contributed by atoms with van der Waals surface area (Å²) in [4.78, 5) is 38.8. The number of urea groups is 1. The van der Waals surface area contributed by atoms with E-state index < -0.39 is 12.1 Å². The maximum Gasteiger partial charge on any atom is 0.322 e. The van der Waals surface area contributed by atoms with Crippen LogP contribution in [0.1, 0.15) is 32.0 Å². The smallest absolute Gasteiger partial charge is 0.322 e. The van der Waals surface area contributed by atoms with Crippen LogP contribution in [0.3, 0.4) is 0 Å². The van der Waals surface area contributed by atoms with Crippen molar-refractivity contribution in [3.8, 4) is 0 Å². The zero-order chi connectivity index (χ0) is 15.2. The normalized spacial score (nSPS) is 18.6. The molecule has 0 spiro atoms. The Balaban J connectivity index is 1.90. The number of imidazole rings is 1. The van der Waals surface area contributed by atoms with Crippen LogP contribution in [0, 0.1) is 0 Å². The molecule has 8 heteroatoms. The fraction of sp³-hybridized carbons (Fsp3) is 0.538. The summed E-state index contributed by atoms with van der Waals surface area (Å²) in [6.07, 6.45) is 4.95. The number of amides is 4. The Labute approximate surface area is 122 Å². The van der Waals surface area contributed by atoms with Gasteiger partial charge in [0.1, 0.15) is 11.9 Å². The number of carbonyl (C=O) groups is 3. The van der Waals surface area contributed by atoms with E-state index in [2.05, 4.69) is 27.9 Å². The van der Waals surface area contributed by atoms with E-state index in [0.717, 1.165) is 18.8 Å². The molecule has 1 unspecified atom stereocenters. The van der Waals surface area contributed by atoms with Gasteiger partial charge in [0.2, 0.25) is 11.8 Å². The number of nitrogens with one attached hydrogen (secondary N) is 3. The molecule has 0 bridgehead atoms. The van der Waals surface area contributed by atoms with E-state index in [4.69, 9.17) is 0 Å². The summed E-state index contributed by atoms with van der Waals surface area (Å²) in [5.41, 5.74) is 0. The lowest BCUT2D eigenvalue weighted by atomic mass is 10.1. The third kappa shape index (κ3) is 4.04. The zero-order valence-electron chi connectivity index (χ0n) is 11.9. The maximum absolute atomic E-state index is 12.1. The predicted octanol–water partition coefficient (Wildman–Crippen LogP) is -0.102. The van der Waals surface area contributed by atoms with Crippen LogP contribution in [-0.2, 0) is 22.7 Å². The number of carbonyl (C=O) groups excluding carboxylic acids is 3. The van der Waals surface area contributed by atoms with Crippen molar-refractivity contribution in [2.45, 2.75) is 45.3 Å². The molecule has 0 aromatic carbocycles. The summed E-state index contributed by atoms with van der Waals surface area (Å²) in [7, 11) is 0. The van der Waals surface area contributed by atoms with E-state index in [0.29, 0.717) is 6.54 Å². The summed E-state index contributed by atoms with van der Waals surface area (Å²) >= 11 is 0. The highest BCUT2D eigenvalue weighted by Crippen LogP contribution is 2.03. The quantitative estimate of drug-likeness (QED) is 0.705. The van der Waals surface area contributed by atoms with Gasteiger partial charge >= 0.3 is 6.03 Å². The topological polar surface area (TPSA) is 105 Å². The first-order valence-electron chi connectivity index (χ1n) is 6.98. The molecule has 1 aromatic rings. The number of hydrogen-bond donors (Lipinski definition) is 3. The Morgan fingerprint density at radius 2 is 2.33 bits per heavy atom. The molecule has 1 aliphatic heterocycles. The molecule has 1 aromatic heterocycles. The minimum Gasteiger partial charge on any atom is -0.347 e. The number of aromatic nitrogens is 2. The van der Waals surface area contributed by atoms with Crippen molar-refractivity contribution in [1.82, 2.24) is 25.5 Å². The predicted molar refractivity (Wildman–Crippen MR) is 74.1 cm³/mol. The lowest BCUT2D eigenvalue weighted by Gasteiger charge is -2.15. The Morgan fingerprint density at radius 3 is 3.10 bits per heavy atom. The molecule has 1 aliphatic rings. The Kier molecular flexibility index (Phi) is 4.91. The third-order valence-corrected chi connectivity index (χ3v) is 3.22. The van der Waals surface area contributed by atoms with Crippen LogP contribution in [0.2, 0.25) is 0 Å². The highest BCUT2D eigenvalue weighted by molar-refractivity contribution is 5.98. The minimum absolute atomic E-state index is 0.140. The molecule has 4 amide bonds. The van der Waals surface area contributed by atoms with Gasteiger partial charge in [-0.3, -0.25) is 14.9 Å². The van der Waals surface area contributed by atoms with Gasteiger partial charge in [-0.15, -0.1) is 0 Å². The molecule has 8 nitrogen and oxygen atoms in total. The van der Waals surface area contributed by atoms with E-state index in [9.17, 15) is 14.4 Å². The van der Waals surface area contributed by atoms with Crippen LogP contribution < -0.4 is 16.0 Å². The van der Waals surface area contributed by atoms with Gasteiger partial charge in [0.05, 0.1) is 6.54 Å². The average molecular weight is 293 g/mol. The van der Waals surface area contributed by atoms with Crippen LogP contribution in [0.25, 0.3) is 0 Å². The lowest BCUT2D eigenvalue weighted by molar-refractivity contribution is -0.123. The second-order valence-corrected chi connectivity index (χ2v) is 4.87. The summed E-state index contributed by atoms with van der Waals surface area (Å²) in [5.74, 6) is 0.0755. The van der Waals surface area contributed by atoms with E-state index in [-0.39, 0.29) is 24.7 Å². The third-order valence-electron chi connectivity index (χ3n) is 3.22. The molecule has 0 radical (unpaired) electrons. The second kappa shape index (κ2) is 6.87. The van der Waals surface area contributed by atoms with E-state index >= 15 is 0 Å². The van der Waals surface area contributed by atoms with Crippen LogP contribution in [-0.4, -0.2) is 33.4 Å². The number of aryl methyl sites for hydroxylation is 1. The molecule has 0 aliphatic carbocycles. The van der Waals surface area contributed by atoms with Gasteiger partial charge in [0, 0.05) is 25.4 Å². The van der Waals surface area contributed by atoms with Crippen molar-refractivity contribution in [2.75, 3.05) is 0 Å². The van der Waals surface area contributed by atoms with Crippen molar-refractivity contribution in [2.24, 2.45) is 0 Å². The monoisotopic (exact) mass is 293 g/mol. The molecule has 0 saturated carbocycles. The molecule has 1 atom stereocenters. The van der Waals surface area contributed by atoms with E-state index in [1.807, 2.05) is 10.8 Å². The Hall–Kier alpha value is -2.38. The van der Waals surface area contributed by atoms with Gasteiger partial charge in [0.15, 0.2) is 0 Å². The lowest BCUT2D eigenvalue weighted by Crippen LogP contribution is -2.48. The molecule has 3 N–H and O–H groups in total. The molecule has 114 valence electrons. The molecule has 2 heterocycles. The number of hydrogen-bond acceptors (Lipinski definition) is 4. The fourth-order valence-electron chi connectivity index (χ4n) is 2.17. The Morgan fingerprint density at radius 1 is 1.52 bits per heavy atom. The molecular formula is C13H19N5O3. The first kappa shape index (κ1) is 15.0. The van der Waals surface area contributed by atoms with Gasteiger partial charge in [-0.1, -0.05) is 6.92 Å². The van der Waals surface area contributed by atoms with Crippen LogP contribution in [0.15, 0.2) is 12.4 Å². The maximum atomic E-state index is 12.1. The molecule has 1 fully saturated rings. The van der Waals surface area contributed by atoms with Gasteiger partial charge in [-0.05, 0) is 12.8 Å². The number of rotatable bonds is 5. The van der Waals surface area contributed by atoms with Crippen LogP contribution in [0.4, 0.5) is 4.79 Å². The van der Waals surface area contributed by atoms with Crippen LogP contribution >= 0.6 is 0 Å². The fourth-order valence-corrected chi connectivity index (χ4v) is 2.17. The van der Waals surface area contributed by atoms with Gasteiger partial charge in [-0.25, -0.2) is 9.78 Å². The zero-order valence-corrected chi connectivity index (χ0v) is 11.9. The van der Waals surface area contributed by atoms with Crippen molar-refractivity contribution in [3.05, 3.63) is 18.2 Å². The summed E-state index contributed by atoms with van der Waals surface area (Å²) < 4.78 is 1.97. The summed E-state index contributed by atoms with van der Waals surface area (Å²) in [6.45, 7) is 3.19. The van der Waals surface area contributed by atoms with Gasteiger partial charge in [-0.2, -0.15) is 0 Å². The molecule has 2 rings (SSSR count). The minimum atomic E-state index is -0.703. The summed E-state index contributed by atoms with van der Waals surface area (Å²) in [5, 5.41) is 7.35. The highest BCUT2D eigenvalue weighted by Gasteiger charge is 2.25. The first-order valence-corrected chi connectivity index (χ1v) is 6.98. The Bertz CT molecular complexity index is 540.